The largest absolute Gasteiger partial charge is 0.456 e. The second-order valence-electron chi connectivity index (χ2n) is 6.80. The fourth-order valence-electron chi connectivity index (χ4n) is 4.19. The van der Waals surface area contributed by atoms with Gasteiger partial charge in [-0.05, 0) is 49.9 Å². The van der Waals surface area contributed by atoms with Crippen molar-refractivity contribution >= 4 is 27.7 Å². The summed E-state index contributed by atoms with van der Waals surface area (Å²) >= 11 is 0. The van der Waals surface area contributed by atoms with Crippen molar-refractivity contribution in [1.82, 2.24) is 0 Å². The third-order valence-corrected chi connectivity index (χ3v) is 5.32. The predicted molar refractivity (Wildman–Crippen MR) is 88.7 cm³/mol. The molecule has 0 amide bonds. The number of benzene rings is 2. The third-order valence-electron chi connectivity index (χ3n) is 5.32. The number of furan rings is 1. The van der Waals surface area contributed by atoms with E-state index in [-0.39, 0.29) is 11.7 Å². The number of ether oxygens (including phenoxy) is 1. The van der Waals surface area contributed by atoms with Crippen LogP contribution in [-0.2, 0) is 4.74 Å². The summed E-state index contributed by atoms with van der Waals surface area (Å²) in [5.41, 5.74) is 2.52. The zero-order valence-electron chi connectivity index (χ0n) is 12.8. The Morgan fingerprint density at radius 1 is 0.913 bits per heavy atom. The number of para-hydroxylation sites is 1. The van der Waals surface area contributed by atoms with E-state index in [1.165, 1.54) is 0 Å². The van der Waals surface area contributed by atoms with Crippen LogP contribution < -0.4 is 0 Å². The van der Waals surface area contributed by atoms with Crippen LogP contribution >= 0.6 is 0 Å². The lowest BCUT2D eigenvalue weighted by molar-refractivity contribution is -0.0149. The van der Waals surface area contributed by atoms with Crippen molar-refractivity contribution in [3.8, 4) is 0 Å². The fraction of sp³-hybridized carbons (Fsp3) is 0.350. The van der Waals surface area contributed by atoms with Crippen molar-refractivity contribution in [2.45, 2.75) is 37.9 Å². The minimum absolute atomic E-state index is 0.108. The quantitative estimate of drug-likeness (QED) is 0.643. The lowest BCUT2D eigenvalue weighted by Crippen LogP contribution is -2.30. The molecule has 3 heteroatoms. The van der Waals surface area contributed by atoms with Crippen molar-refractivity contribution in [1.29, 1.82) is 0 Å². The highest BCUT2D eigenvalue weighted by Crippen LogP contribution is 2.38. The van der Waals surface area contributed by atoms with Crippen molar-refractivity contribution < 1.29 is 13.9 Å². The molecule has 0 aliphatic carbocycles. The van der Waals surface area contributed by atoms with E-state index in [2.05, 4.69) is 0 Å². The molecule has 0 saturated carbocycles. The molecule has 2 saturated heterocycles. The molecule has 3 heterocycles. The van der Waals surface area contributed by atoms with Gasteiger partial charge in [0.05, 0.1) is 12.2 Å². The normalized spacial score (nSPS) is 26.9. The number of hydrogen-bond acceptors (Lipinski definition) is 3. The van der Waals surface area contributed by atoms with Gasteiger partial charge in [-0.2, -0.15) is 0 Å². The average molecular weight is 306 g/mol. The lowest BCUT2D eigenvalue weighted by Gasteiger charge is -2.27. The Labute approximate surface area is 134 Å². The number of rotatable bonds is 2. The highest BCUT2D eigenvalue weighted by molar-refractivity contribution is 6.08. The second kappa shape index (κ2) is 4.93. The van der Waals surface area contributed by atoms with E-state index in [4.69, 9.17) is 9.15 Å². The van der Waals surface area contributed by atoms with E-state index in [0.29, 0.717) is 12.2 Å². The first-order valence-corrected chi connectivity index (χ1v) is 8.39. The van der Waals surface area contributed by atoms with E-state index in [9.17, 15) is 4.79 Å². The van der Waals surface area contributed by atoms with Crippen LogP contribution in [0, 0.1) is 5.92 Å². The van der Waals surface area contributed by atoms with Crippen LogP contribution in [0.3, 0.4) is 0 Å². The van der Waals surface area contributed by atoms with Gasteiger partial charge < -0.3 is 9.15 Å². The minimum Gasteiger partial charge on any atom is -0.456 e. The summed E-state index contributed by atoms with van der Waals surface area (Å²) in [6.45, 7) is 0. The van der Waals surface area contributed by atoms with Gasteiger partial charge in [-0.25, -0.2) is 0 Å². The molecule has 2 aliphatic rings. The van der Waals surface area contributed by atoms with Crippen LogP contribution in [0.5, 0.6) is 0 Å². The number of carbonyl (C=O) groups is 1. The average Bonchev–Trinajstić information content (AvgIpc) is 3.13. The van der Waals surface area contributed by atoms with Gasteiger partial charge in [0.15, 0.2) is 5.78 Å². The Bertz CT molecular complexity index is 896. The van der Waals surface area contributed by atoms with Crippen LogP contribution in [0.2, 0.25) is 0 Å². The van der Waals surface area contributed by atoms with E-state index in [1.54, 1.807) is 0 Å². The Kier molecular flexibility index (Phi) is 2.86. The minimum atomic E-state index is 0.108. The molecule has 2 unspecified atom stereocenters. The first-order valence-electron chi connectivity index (χ1n) is 8.39. The summed E-state index contributed by atoms with van der Waals surface area (Å²) in [6, 6.07) is 13.8. The number of hydrogen-bond donors (Lipinski definition) is 0. The highest BCUT2D eigenvalue weighted by Gasteiger charge is 2.38. The van der Waals surface area contributed by atoms with Gasteiger partial charge in [0.25, 0.3) is 0 Å². The molecule has 116 valence electrons. The molecule has 0 radical (unpaired) electrons. The van der Waals surface area contributed by atoms with Crippen molar-refractivity contribution in [3.05, 3.63) is 48.0 Å². The molecule has 0 N–H and O–H groups in total. The maximum Gasteiger partial charge on any atom is 0.166 e. The Hall–Kier alpha value is -2.13. The predicted octanol–water partition coefficient (Wildman–Crippen LogP) is 4.73. The van der Waals surface area contributed by atoms with E-state index < -0.39 is 0 Å². The van der Waals surface area contributed by atoms with Gasteiger partial charge in [-0.1, -0.05) is 18.2 Å². The van der Waals surface area contributed by atoms with Gasteiger partial charge in [0.1, 0.15) is 11.2 Å². The first-order chi connectivity index (χ1) is 11.3. The Morgan fingerprint density at radius 3 is 2.48 bits per heavy atom. The molecule has 2 bridgehead atoms. The van der Waals surface area contributed by atoms with Crippen LogP contribution in [0.25, 0.3) is 21.9 Å². The van der Waals surface area contributed by atoms with Crippen LogP contribution in [-0.4, -0.2) is 18.0 Å². The van der Waals surface area contributed by atoms with Gasteiger partial charge in [0, 0.05) is 22.3 Å². The summed E-state index contributed by atoms with van der Waals surface area (Å²) in [5.74, 6) is 0.370. The molecule has 0 spiro atoms. The lowest BCUT2D eigenvalue weighted by atomic mass is 9.87. The molecule has 23 heavy (non-hydrogen) atoms. The molecule has 1 aromatic heterocycles. The number of ketones is 1. The maximum atomic E-state index is 12.9. The van der Waals surface area contributed by atoms with E-state index in [0.717, 1.165) is 53.2 Å². The van der Waals surface area contributed by atoms with Crippen LogP contribution in [0.4, 0.5) is 0 Å². The number of fused-ring (bicyclic) bond motifs is 5. The Balaban J connectivity index is 1.54. The van der Waals surface area contributed by atoms with Crippen LogP contribution in [0.15, 0.2) is 46.9 Å². The zero-order valence-corrected chi connectivity index (χ0v) is 12.8. The topological polar surface area (TPSA) is 39.4 Å². The van der Waals surface area contributed by atoms with Gasteiger partial charge in [-0.15, -0.1) is 0 Å². The summed E-state index contributed by atoms with van der Waals surface area (Å²) in [5, 5.41) is 2.10. The maximum absolute atomic E-state index is 12.9. The van der Waals surface area contributed by atoms with Crippen molar-refractivity contribution in [2.75, 3.05) is 0 Å². The summed E-state index contributed by atoms with van der Waals surface area (Å²) < 4.78 is 11.7. The fourth-order valence-corrected chi connectivity index (χ4v) is 4.19. The summed E-state index contributed by atoms with van der Waals surface area (Å²) in [7, 11) is 0. The molecular weight excluding hydrogens is 288 g/mol. The molecule has 2 fully saturated rings. The second-order valence-corrected chi connectivity index (χ2v) is 6.80. The molecule has 5 rings (SSSR count). The number of Topliss-reactive ketones (excluding diaryl/α,β-unsaturated/α-hetero) is 1. The molecular formula is C20H18O3. The Morgan fingerprint density at radius 2 is 1.65 bits per heavy atom. The molecule has 3 nitrogen and oxygen atoms in total. The first kappa shape index (κ1) is 13.3. The number of carbonyl (C=O) groups excluding carboxylic acids is 1. The van der Waals surface area contributed by atoms with E-state index in [1.807, 2.05) is 42.5 Å². The molecule has 2 aromatic carbocycles. The molecule has 2 aliphatic heterocycles. The smallest absolute Gasteiger partial charge is 0.166 e. The van der Waals surface area contributed by atoms with Gasteiger partial charge in [0.2, 0.25) is 0 Å². The molecule has 2 atom stereocenters. The molecule has 3 aromatic rings. The van der Waals surface area contributed by atoms with Crippen LogP contribution in [0.1, 0.15) is 36.0 Å². The van der Waals surface area contributed by atoms with Gasteiger partial charge >= 0.3 is 0 Å². The zero-order chi connectivity index (χ0) is 15.4. The SMILES string of the molecule is O=C(c1ccc2oc3ccccc3c2c1)C1CC2CCC(C1)O2. The monoisotopic (exact) mass is 306 g/mol. The van der Waals surface area contributed by atoms with E-state index >= 15 is 0 Å². The van der Waals surface area contributed by atoms with Crippen molar-refractivity contribution in [2.24, 2.45) is 5.92 Å². The van der Waals surface area contributed by atoms with Crippen molar-refractivity contribution in [3.63, 3.8) is 0 Å². The highest BCUT2D eigenvalue weighted by atomic mass is 16.5. The standard InChI is InChI=1S/C20H18O3/c21-20(13-9-14-6-7-15(10-13)22-14)12-5-8-19-17(11-12)16-3-1-2-4-18(16)23-19/h1-5,8,11,13-15H,6-7,9-10H2. The third kappa shape index (κ3) is 2.11. The summed E-state index contributed by atoms with van der Waals surface area (Å²) in [6.07, 6.45) is 4.56. The van der Waals surface area contributed by atoms with Gasteiger partial charge in [-0.3, -0.25) is 4.79 Å². The summed E-state index contributed by atoms with van der Waals surface area (Å²) in [4.78, 5) is 12.9.